The number of carboxylic acids is 1. The summed E-state index contributed by atoms with van der Waals surface area (Å²) in [5, 5.41) is 12.0. The lowest BCUT2D eigenvalue weighted by molar-refractivity contribution is -0.137. The molecule has 3 aromatic carbocycles. The van der Waals surface area contributed by atoms with E-state index in [-0.39, 0.29) is 6.54 Å². The standard InChI is InChI=1S/C21H17ClN2O4S/c1-13-21(17-11-15(22)9-10-18(17)23(13)12-20(25)26)24(29(27)28)19-8-4-6-14-5-2-3-7-16(14)19/h2-11H,12H2,1H3,(H,25,26)(H,27,28)/p-1. The first kappa shape index (κ1) is 19.4. The van der Waals surface area contributed by atoms with Gasteiger partial charge in [-0.3, -0.25) is 13.3 Å². The molecular weight excluding hydrogens is 412 g/mol. The fraction of sp³-hybridized carbons (Fsp3) is 0.0952. The highest BCUT2D eigenvalue weighted by atomic mass is 35.5. The molecule has 0 aliphatic rings. The number of anilines is 2. The summed E-state index contributed by atoms with van der Waals surface area (Å²) in [6, 6.07) is 17.9. The third-order valence-electron chi connectivity index (χ3n) is 4.88. The quantitative estimate of drug-likeness (QED) is 0.465. The highest BCUT2D eigenvalue weighted by Gasteiger charge is 2.24. The first-order chi connectivity index (χ1) is 13.9. The third kappa shape index (κ3) is 3.37. The lowest BCUT2D eigenvalue weighted by atomic mass is 10.1. The molecule has 0 spiro atoms. The largest absolute Gasteiger partial charge is 0.755 e. The van der Waals surface area contributed by atoms with E-state index < -0.39 is 17.2 Å². The lowest BCUT2D eigenvalue weighted by Gasteiger charge is -2.28. The molecule has 1 heterocycles. The molecule has 1 aromatic heterocycles. The predicted molar refractivity (Wildman–Crippen MR) is 114 cm³/mol. The van der Waals surface area contributed by atoms with E-state index in [1.807, 2.05) is 30.3 Å². The van der Waals surface area contributed by atoms with E-state index in [2.05, 4.69) is 0 Å². The second-order valence-corrected chi connectivity index (χ2v) is 7.82. The Kier molecular flexibility index (Phi) is 5.04. The number of carboxylic acid groups (broad SMARTS) is 1. The number of benzene rings is 3. The van der Waals surface area contributed by atoms with E-state index in [1.54, 1.807) is 41.8 Å². The summed E-state index contributed by atoms with van der Waals surface area (Å²) in [6.07, 6.45) is 0. The molecule has 4 rings (SSSR count). The molecule has 0 fully saturated rings. The second kappa shape index (κ2) is 7.51. The van der Waals surface area contributed by atoms with Gasteiger partial charge in [-0.1, -0.05) is 48.0 Å². The molecule has 1 unspecified atom stereocenters. The molecule has 29 heavy (non-hydrogen) atoms. The van der Waals surface area contributed by atoms with Gasteiger partial charge in [-0.05, 0) is 36.6 Å². The van der Waals surface area contributed by atoms with Gasteiger partial charge in [0.25, 0.3) is 0 Å². The Bertz CT molecular complexity index is 1280. The van der Waals surface area contributed by atoms with Crippen LogP contribution < -0.4 is 4.31 Å². The van der Waals surface area contributed by atoms with Crippen molar-refractivity contribution in [3.05, 3.63) is 71.4 Å². The Morgan fingerprint density at radius 2 is 1.86 bits per heavy atom. The van der Waals surface area contributed by atoms with E-state index in [0.29, 0.717) is 33.0 Å². The average Bonchev–Trinajstić information content (AvgIpc) is 2.93. The molecule has 0 saturated carbocycles. The second-order valence-electron chi connectivity index (χ2n) is 6.59. The van der Waals surface area contributed by atoms with Crippen molar-refractivity contribution >= 4 is 61.9 Å². The van der Waals surface area contributed by atoms with Crippen molar-refractivity contribution in [1.29, 1.82) is 0 Å². The van der Waals surface area contributed by atoms with Gasteiger partial charge in [-0.15, -0.1) is 0 Å². The van der Waals surface area contributed by atoms with Gasteiger partial charge in [-0.2, -0.15) is 0 Å². The van der Waals surface area contributed by atoms with Gasteiger partial charge in [0.05, 0.1) is 28.2 Å². The number of fused-ring (bicyclic) bond motifs is 2. The van der Waals surface area contributed by atoms with Crippen LogP contribution in [0.3, 0.4) is 0 Å². The topological polar surface area (TPSA) is 85.6 Å². The first-order valence-electron chi connectivity index (χ1n) is 8.76. The van der Waals surface area contributed by atoms with Gasteiger partial charge in [-0.25, -0.2) is 0 Å². The number of hydrogen-bond donors (Lipinski definition) is 1. The Balaban J connectivity index is 2.07. The van der Waals surface area contributed by atoms with E-state index in [1.165, 1.54) is 4.31 Å². The van der Waals surface area contributed by atoms with E-state index in [9.17, 15) is 18.7 Å². The van der Waals surface area contributed by atoms with Crippen molar-refractivity contribution < 1.29 is 18.7 Å². The molecule has 4 aromatic rings. The van der Waals surface area contributed by atoms with Crippen molar-refractivity contribution in [3.63, 3.8) is 0 Å². The number of aromatic nitrogens is 1. The summed E-state index contributed by atoms with van der Waals surface area (Å²) in [7, 11) is 0. The Morgan fingerprint density at radius 3 is 2.59 bits per heavy atom. The van der Waals surface area contributed by atoms with Crippen LogP contribution in [0, 0.1) is 6.92 Å². The van der Waals surface area contributed by atoms with Crippen molar-refractivity contribution in [2.75, 3.05) is 4.31 Å². The maximum atomic E-state index is 12.4. The minimum absolute atomic E-state index is 0.293. The van der Waals surface area contributed by atoms with Crippen molar-refractivity contribution in [2.45, 2.75) is 13.5 Å². The van der Waals surface area contributed by atoms with Gasteiger partial charge < -0.3 is 14.2 Å². The maximum absolute atomic E-state index is 12.4. The van der Waals surface area contributed by atoms with Crippen LogP contribution in [0.4, 0.5) is 11.4 Å². The summed E-state index contributed by atoms with van der Waals surface area (Å²) < 4.78 is 27.6. The predicted octanol–water partition coefficient (Wildman–Crippen LogP) is 4.77. The van der Waals surface area contributed by atoms with Crippen LogP contribution in [-0.2, 0) is 22.6 Å². The highest BCUT2D eigenvalue weighted by molar-refractivity contribution is 7.81. The van der Waals surface area contributed by atoms with Gasteiger partial charge in [0.2, 0.25) is 0 Å². The molecule has 8 heteroatoms. The Morgan fingerprint density at radius 1 is 1.14 bits per heavy atom. The molecule has 0 amide bonds. The number of rotatable bonds is 5. The number of nitrogens with zero attached hydrogens (tertiary/aromatic N) is 2. The highest BCUT2D eigenvalue weighted by Crippen LogP contribution is 2.41. The molecule has 6 nitrogen and oxygen atoms in total. The maximum Gasteiger partial charge on any atom is 0.323 e. The molecular formula is C21H16ClN2O4S-. The fourth-order valence-corrected chi connectivity index (χ4v) is 4.56. The van der Waals surface area contributed by atoms with E-state index in [0.717, 1.165) is 10.8 Å². The zero-order valence-corrected chi connectivity index (χ0v) is 16.9. The normalized spacial score (nSPS) is 12.4. The van der Waals surface area contributed by atoms with Crippen LogP contribution >= 0.6 is 11.6 Å². The molecule has 0 bridgehead atoms. The molecule has 0 aliphatic carbocycles. The summed E-state index contributed by atoms with van der Waals surface area (Å²) in [5.41, 5.74) is 1.98. The van der Waals surface area contributed by atoms with Crippen molar-refractivity contribution in [2.24, 2.45) is 0 Å². The minimum Gasteiger partial charge on any atom is -0.755 e. The Hall–Kier alpha value is -2.87. The SMILES string of the molecule is Cc1c(N(c2cccc3ccccc23)S(=O)[O-])c2cc(Cl)ccc2n1CC(=O)O. The van der Waals surface area contributed by atoms with Crippen molar-refractivity contribution in [3.8, 4) is 0 Å². The average molecular weight is 428 g/mol. The summed E-state index contributed by atoms with van der Waals surface area (Å²) >= 11 is 3.53. The monoisotopic (exact) mass is 427 g/mol. The zero-order chi connectivity index (χ0) is 20.7. The van der Waals surface area contributed by atoms with Crippen LogP contribution in [0.15, 0.2) is 60.7 Å². The minimum atomic E-state index is -2.65. The van der Waals surface area contributed by atoms with Gasteiger partial charge >= 0.3 is 5.97 Å². The van der Waals surface area contributed by atoms with E-state index in [4.69, 9.17) is 11.6 Å². The molecule has 148 valence electrons. The molecule has 1 N–H and O–H groups in total. The van der Waals surface area contributed by atoms with Crippen molar-refractivity contribution in [1.82, 2.24) is 4.57 Å². The summed E-state index contributed by atoms with van der Waals surface area (Å²) in [6.45, 7) is 1.41. The van der Waals surface area contributed by atoms with Gasteiger partial charge in [0.15, 0.2) is 0 Å². The smallest absolute Gasteiger partial charge is 0.323 e. The fourth-order valence-electron chi connectivity index (χ4n) is 3.69. The molecule has 0 radical (unpaired) electrons. The van der Waals surface area contributed by atoms with Gasteiger partial charge in [0, 0.05) is 21.5 Å². The zero-order valence-electron chi connectivity index (χ0n) is 15.3. The Labute approximate surface area is 174 Å². The summed E-state index contributed by atoms with van der Waals surface area (Å²) in [5.74, 6) is -1.02. The molecule has 0 saturated heterocycles. The van der Waals surface area contributed by atoms with Crippen LogP contribution in [0.1, 0.15) is 5.69 Å². The number of hydrogen-bond acceptors (Lipinski definition) is 3. The molecule has 0 aliphatic heterocycles. The van der Waals surface area contributed by atoms with Gasteiger partial charge in [0.1, 0.15) is 6.54 Å². The lowest BCUT2D eigenvalue weighted by Crippen LogP contribution is -2.21. The number of carbonyl (C=O) groups is 1. The van der Waals surface area contributed by atoms with E-state index >= 15 is 0 Å². The van der Waals surface area contributed by atoms with Crippen LogP contribution in [0.25, 0.3) is 21.7 Å². The van der Waals surface area contributed by atoms with Crippen LogP contribution in [0.5, 0.6) is 0 Å². The van der Waals surface area contributed by atoms with Crippen LogP contribution in [-0.4, -0.2) is 24.4 Å². The number of halogens is 1. The third-order valence-corrected chi connectivity index (χ3v) is 5.80. The molecule has 1 atom stereocenters. The first-order valence-corrected chi connectivity index (χ1v) is 10.2. The summed E-state index contributed by atoms with van der Waals surface area (Å²) in [4.78, 5) is 11.4. The van der Waals surface area contributed by atoms with Crippen LogP contribution in [0.2, 0.25) is 5.02 Å². The number of aliphatic carboxylic acids is 1.